The highest BCUT2D eigenvalue weighted by Gasteiger charge is 2.41. The Bertz CT molecular complexity index is 1010. The van der Waals surface area contributed by atoms with Gasteiger partial charge in [0.25, 0.3) is 0 Å². The number of thioether (sulfide) groups is 1. The molecular weight excluding hydrogens is 388 g/mol. The van der Waals surface area contributed by atoms with Crippen LogP contribution in [0, 0.1) is 0 Å². The van der Waals surface area contributed by atoms with Crippen LogP contribution in [0.1, 0.15) is 40.6 Å². The van der Waals surface area contributed by atoms with Gasteiger partial charge in [-0.15, -0.1) is 21.5 Å². The maximum atomic E-state index is 4.57. The van der Waals surface area contributed by atoms with E-state index in [1.807, 2.05) is 11.3 Å². The van der Waals surface area contributed by atoms with Gasteiger partial charge in [0.2, 0.25) is 5.95 Å². The highest BCUT2D eigenvalue weighted by Crippen LogP contribution is 2.47. The molecular formula is C20H22N6S2. The molecule has 3 aliphatic rings. The van der Waals surface area contributed by atoms with Gasteiger partial charge in [-0.1, -0.05) is 42.1 Å². The fourth-order valence-corrected chi connectivity index (χ4v) is 6.84. The van der Waals surface area contributed by atoms with E-state index in [4.69, 9.17) is 0 Å². The Balaban J connectivity index is 1.36. The van der Waals surface area contributed by atoms with E-state index < -0.39 is 0 Å². The summed E-state index contributed by atoms with van der Waals surface area (Å²) in [7, 11) is 0. The number of thiophene rings is 1. The lowest BCUT2D eigenvalue weighted by atomic mass is 9.94. The average molecular weight is 411 g/mol. The third kappa shape index (κ3) is 2.62. The molecule has 2 aliphatic heterocycles. The Hall–Kier alpha value is -1.87. The Labute approximate surface area is 172 Å². The van der Waals surface area contributed by atoms with E-state index in [0.29, 0.717) is 0 Å². The smallest absolute Gasteiger partial charge is 0.249 e. The molecule has 1 aromatic carbocycles. The maximum Gasteiger partial charge on any atom is 0.249 e. The van der Waals surface area contributed by atoms with Crippen LogP contribution in [-0.2, 0) is 19.3 Å². The molecule has 2 aromatic heterocycles. The van der Waals surface area contributed by atoms with Crippen LogP contribution >= 0.6 is 23.1 Å². The zero-order valence-corrected chi connectivity index (χ0v) is 17.2. The highest BCUT2D eigenvalue weighted by atomic mass is 32.2. The van der Waals surface area contributed by atoms with E-state index >= 15 is 0 Å². The first-order valence-electron chi connectivity index (χ1n) is 9.93. The van der Waals surface area contributed by atoms with Gasteiger partial charge in [-0.2, -0.15) is 0 Å². The third-order valence-corrected chi connectivity index (χ3v) is 7.99. The first kappa shape index (κ1) is 17.0. The number of hydrogen-bond acceptors (Lipinski definition) is 7. The monoisotopic (exact) mass is 410 g/mol. The maximum absolute atomic E-state index is 4.57. The lowest BCUT2D eigenvalue weighted by Crippen LogP contribution is -2.39. The van der Waals surface area contributed by atoms with Crippen molar-refractivity contribution in [1.82, 2.24) is 25.5 Å². The van der Waals surface area contributed by atoms with Gasteiger partial charge < -0.3 is 0 Å². The summed E-state index contributed by atoms with van der Waals surface area (Å²) >= 11 is 3.75. The second kappa shape index (κ2) is 6.88. The predicted octanol–water partition coefficient (Wildman–Crippen LogP) is 3.43. The summed E-state index contributed by atoms with van der Waals surface area (Å²) in [6.45, 7) is 0.762. The van der Waals surface area contributed by atoms with E-state index in [1.54, 1.807) is 22.2 Å². The van der Waals surface area contributed by atoms with Gasteiger partial charge in [0.05, 0.1) is 6.67 Å². The Morgan fingerprint density at radius 2 is 2.04 bits per heavy atom. The van der Waals surface area contributed by atoms with E-state index in [0.717, 1.165) is 29.9 Å². The number of rotatable bonds is 4. The fraction of sp³-hybridized carbons (Fsp3) is 0.400. The molecule has 0 bridgehead atoms. The number of nitrogens with zero attached hydrogens (tertiary/aromatic N) is 4. The molecule has 2 N–H and O–H groups in total. The predicted molar refractivity (Wildman–Crippen MR) is 113 cm³/mol. The quantitative estimate of drug-likeness (QED) is 0.643. The van der Waals surface area contributed by atoms with Crippen molar-refractivity contribution in [3.8, 4) is 5.00 Å². The van der Waals surface area contributed by atoms with Gasteiger partial charge in [0.1, 0.15) is 11.2 Å². The minimum absolute atomic E-state index is 0.173. The van der Waals surface area contributed by atoms with Gasteiger partial charge >= 0.3 is 0 Å². The van der Waals surface area contributed by atoms with Crippen LogP contribution in [0.2, 0.25) is 0 Å². The van der Waals surface area contributed by atoms with Crippen molar-refractivity contribution in [2.45, 2.75) is 43.4 Å². The van der Waals surface area contributed by atoms with Crippen molar-refractivity contribution in [2.24, 2.45) is 0 Å². The van der Waals surface area contributed by atoms with Crippen LogP contribution in [0.5, 0.6) is 0 Å². The minimum Gasteiger partial charge on any atom is -0.278 e. The summed E-state index contributed by atoms with van der Waals surface area (Å²) in [4.78, 5) is 1.56. The molecule has 0 amide bonds. The van der Waals surface area contributed by atoms with Gasteiger partial charge in [-0.3, -0.25) is 10.3 Å². The Kier molecular flexibility index (Phi) is 4.18. The summed E-state index contributed by atoms with van der Waals surface area (Å²) in [5, 5.41) is 17.2. The van der Waals surface area contributed by atoms with E-state index in [2.05, 4.69) is 60.8 Å². The molecule has 0 saturated carbocycles. The first-order chi connectivity index (χ1) is 13.9. The number of nitrogens with one attached hydrogen (secondary N) is 2. The van der Waals surface area contributed by atoms with Crippen LogP contribution < -0.4 is 15.8 Å². The van der Waals surface area contributed by atoms with Gasteiger partial charge in [-0.25, -0.2) is 9.99 Å². The summed E-state index contributed by atoms with van der Waals surface area (Å²) in [5.74, 6) is 1.90. The number of benzene rings is 1. The van der Waals surface area contributed by atoms with E-state index in [1.165, 1.54) is 41.8 Å². The van der Waals surface area contributed by atoms with Crippen molar-refractivity contribution in [1.29, 1.82) is 0 Å². The number of anilines is 1. The van der Waals surface area contributed by atoms with Gasteiger partial charge in [0, 0.05) is 16.2 Å². The molecule has 0 spiro atoms. The van der Waals surface area contributed by atoms with Crippen molar-refractivity contribution in [3.05, 3.63) is 51.9 Å². The molecule has 0 radical (unpaired) electrons. The lowest BCUT2D eigenvalue weighted by Gasteiger charge is -2.31. The van der Waals surface area contributed by atoms with Crippen LogP contribution in [0.25, 0.3) is 5.00 Å². The van der Waals surface area contributed by atoms with E-state index in [-0.39, 0.29) is 6.17 Å². The van der Waals surface area contributed by atoms with Crippen molar-refractivity contribution < 1.29 is 0 Å². The van der Waals surface area contributed by atoms with Crippen LogP contribution in [0.4, 0.5) is 5.95 Å². The standard InChI is InChI=1S/C20H22N6S2/c1-2-6-13(7-3-1)10-11-27-20-24-23-19-25(20)18-16(17-21-12-22-26(17)19)14-8-4-5-9-15(14)28-18/h1-3,6-7,17,21-22H,4-5,8-12H2. The molecule has 1 atom stereocenters. The van der Waals surface area contributed by atoms with Crippen molar-refractivity contribution >= 4 is 29.0 Å². The molecule has 3 aromatic rings. The third-order valence-electron chi connectivity index (χ3n) is 5.77. The molecule has 28 heavy (non-hydrogen) atoms. The van der Waals surface area contributed by atoms with Gasteiger partial charge in [-0.05, 0) is 43.2 Å². The van der Waals surface area contributed by atoms with Crippen LogP contribution in [0.15, 0.2) is 35.5 Å². The molecule has 1 saturated heterocycles. The average Bonchev–Trinajstić information content (AvgIpc) is 3.44. The minimum atomic E-state index is 0.173. The molecule has 1 fully saturated rings. The molecule has 1 aliphatic carbocycles. The molecule has 8 heteroatoms. The van der Waals surface area contributed by atoms with Crippen molar-refractivity contribution in [2.75, 3.05) is 17.4 Å². The van der Waals surface area contributed by atoms with Crippen molar-refractivity contribution in [3.63, 3.8) is 0 Å². The molecule has 144 valence electrons. The molecule has 4 heterocycles. The first-order valence-corrected chi connectivity index (χ1v) is 11.7. The molecule has 6 nitrogen and oxygen atoms in total. The zero-order chi connectivity index (χ0) is 18.5. The van der Waals surface area contributed by atoms with Crippen LogP contribution in [-0.4, -0.2) is 27.2 Å². The van der Waals surface area contributed by atoms with Gasteiger partial charge in [0.15, 0.2) is 5.16 Å². The molecule has 6 rings (SSSR count). The largest absolute Gasteiger partial charge is 0.278 e. The Morgan fingerprint density at radius 3 is 2.96 bits per heavy atom. The second-order valence-corrected chi connectivity index (χ2v) is 9.59. The van der Waals surface area contributed by atoms with E-state index in [9.17, 15) is 0 Å². The SMILES string of the molecule is c1ccc(CCSc2nnc3n2-c2sc4c(c2C2NCNN32)CCCC4)cc1. The summed E-state index contributed by atoms with van der Waals surface area (Å²) < 4.78 is 2.28. The number of hydrazine groups is 1. The topological polar surface area (TPSA) is 58.0 Å². The lowest BCUT2D eigenvalue weighted by molar-refractivity contribution is 0.579. The second-order valence-electron chi connectivity index (χ2n) is 7.44. The normalized spacial score (nSPS) is 19.9. The zero-order valence-electron chi connectivity index (χ0n) is 15.5. The summed E-state index contributed by atoms with van der Waals surface area (Å²) in [6, 6.07) is 10.7. The summed E-state index contributed by atoms with van der Waals surface area (Å²) in [6.07, 6.45) is 6.21. The number of hydrogen-bond donors (Lipinski definition) is 2. The number of aromatic nitrogens is 3. The molecule has 1 unspecified atom stereocenters. The highest BCUT2D eigenvalue weighted by molar-refractivity contribution is 7.99. The number of aryl methyl sites for hydroxylation is 2. The summed E-state index contributed by atoms with van der Waals surface area (Å²) in [5.41, 5.74) is 7.82. The Morgan fingerprint density at radius 1 is 1.14 bits per heavy atom. The fourth-order valence-electron chi connectivity index (χ4n) is 4.45. The number of fused-ring (bicyclic) bond motifs is 8. The van der Waals surface area contributed by atoms with Crippen LogP contribution in [0.3, 0.4) is 0 Å².